The Bertz CT molecular complexity index is 1270. The molecule has 1 aliphatic heterocycles. The molecule has 2 aliphatic rings. The number of fused-ring (bicyclic) bond motifs is 1. The van der Waals surface area contributed by atoms with Crippen molar-refractivity contribution >= 4 is 45.8 Å². The van der Waals surface area contributed by atoms with Crippen molar-refractivity contribution in [3.8, 4) is 17.8 Å². The van der Waals surface area contributed by atoms with Gasteiger partial charge in [0.05, 0.1) is 11.2 Å². The van der Waals surface area contributed by atoms with Gasteiger partial charge in [-0.25, -0.2) is 4.98 Å². The third-order valence-electron chi connectivity index (χ3n) is 5.67. The van der Waals surface area contributed by atoms with E-state index in [0.29, 0.717) is 26.6 Å². The Hall–Kier alpha value is -3.19. The first kappa shape index (κ1) is 21.6. The van der Waals surface area contributed by atoms with Crippen molar-refractivity contribution in [1.82, 2.24) is 19.9 Å². The number of aromatic nitrogens is 3. The number of allylic oxidation sites excluding steroid dienone is 1. The van der Waals surface area contributed by atoms with Crippen LogP contribution in [0.1, 0.15) is 22.9 Å². The van der Waals surface area contributed by atoms with Gasteiger partial charge in [0, 0.05) is 37.8 Å². The highest BCUT2D eigenvalue weighted by Crippen LogP contribution is 2.39. The summed E-state index contributed by atoms with van der Waals surface area (Å²) in [5.74, 6) is 1.82. The van der Waals surface area contributed by atoms with Crippen LogP contribution in [0.4, 0.5) is 16.8 Å². The van der Waals surface area contributed by atoms with Crippen LogP contribution in [-0.4, -0.2) is 53.1 Å². The molecule has 5 rings (SSSR count). The third-order valence-corrected chi connectivity index (χ3v) is 6.87. The lowest BCUT2D eigenvalue weighted by atomic mass is 10.1. The zero-order valence-electron chi connectivity index (χ0n) is 18.3. The predicted octanol–water partition coefficient (Wildman–Crippen LogP) is 4.71. The van der Waals surface area contributed by atoms with Crippen LogP contribution in [0.25, 0.3) is 6.08 Å². The van der Waals surface area contributed by atoms with Crippen LogP contribution in [0.2, 0.25) is 5.02 Å². The van der Waals surface area contributed by atoms with Gasteiger partial charge in [-0.3, -0.25) is 0 Å². The molecule has 3 aromatic rings. The number of thiazole rings is 1. The Kier molecular flexibility index (Phi) is 5.89. The molecule has 0 bridgehead atoms. The first-order valence-electron chi connectivity index (χ1n) is 10.6. The Labute approximate surface area is 201 Å². The van der Waals surface area contributed by atoms with Crippen LogP contribution in [0, 0.1) is 11.3 Å². The van der Waals surface area contributed by atoms with Crippen molar-refractivity contribution < 1.29 is 4.74 Å². The molecular weight excluding hydrogens is 458 g/mol. The maximum Gasteiger partial charge on any atom is 0.325 e. The number of ether oxygens (including phenoxy) is 1. The molecule has 0 amide bonds. The molecule has 10 heteroatoms. The van der Waals surface area contributed by atoms with Gasteiger partial charge < -0.3 is 19.9 Å². The lowest BCUT2D eigenvalue weighted by Crippen LogP contribution is -2.44. The number of nitrogens with one attached hydrogen (secondary N) is 1. The summed E-state index contributed by atoms with van der Waals surface area (Å²) in [6.07, 6.45) is 4.53. The summed E-state index contributed by atoms with van der Waals surface area (Å²) in [5.41, 5.74) is 3.45. The topological polar surface area (TPSA) is 90.2 Å². The van der Waals surface area contributed by atoms with Crippen molar-refractivity contribution in [3.63, 3.8) is 0 Å². The van der Waals surface area contributed by atoms with Crippen LogP contribution in [0.3, 0.4) is 0 Å². The highest BCUT2D eigenvalue weighted by atomic mass is 35.5. The van der Waals surface area contributed by atoms with Crippen LogP contribution in [0.5, 0.6) is 11.8 Å². The molecule has 0 atom stereocenters. The molecular formula is C23H22ClN7OS. The highest BCUT2D eigenvalue weighted by molar-refractivity contribution is 7.16. The zero-order chi connectivity index (χ0) is 22.9. The first-order valence-corrected chi connectivity index (χ1v) is 11.8. The van der Waals surface area contributed by atoms with Crippen molar-refractivity contribution in [2.45, 2.75) is 13.3 Å². The summed E-state index contributed by atoms with van der Waals surface area (Å²) >= 11 is 7.93. The van der Waals surface area contributed by atoms with E-state index < -0.39 is 0 Å². The minimum absolute atomic E-state index is 0.200. The summed E-state index contributed by atoms with van der Waals surface area (Å²) < 4.78 is 6.10. The molecule has 3 heterocycles. The van der Waals surface area contributed by atoms with Gasteiger partial charge in [-0.05, 0) is 32.0 Å². The summed E-state index contributed by atoms with van der Waals surface area (Å²) in [6, 6.07) is 8.08. The molecule has 1 N–H and O–H groups in total. The van der Waals surface area contributed by atoms with Gasteiger partial charge in [0.25, 0.3) is 0 Å². The van der Waals surface area contributed by atoms with E-state index in [1.165, 1.54) is 28.7 Å². The fourth-order valence-electron chi connectivity index (χ4n) is 3.91. The minimum Gasteiger partial charge on any atom is -0.423 e. The number of halogens is 1. The largest absolute Gasteiger partial charge is 0.423 e. The molecule has 168 valence electrons. The Morgan fingerprint density at radius 2 is 2.03 bits per heavy atom. The molecule has 1 saturated heterocycles. The quantitative estimate of drug-likeness (QED) is 0.562. The summed E-state index contributed by atoms with van der Waals surface area (Å²) in [7, 11) is 2.11. The summed E-state index contributed by atoms with van der Waals surface area (Å²) in [5, 5.41) is 13.4. The van der Waals surface area contributed by atoms with Crippen molar-refractivity contribution in [2.75, 3.05) is 43.4 Å². The van der Waals surface area contributed by atoms with Crippen LogP contribution in [-0.2, 0) is 6.42 Å². The van der Waals surface area contributed by atoms with Gasteiger partial charge in [-0.2, -0.15) is 15.2 Å². The van der Waals surface area contributed by atoms with E-state index in [2.05, 4.69) is 56.2 Å². The van der Waals surface area contributed by atoms with E-state index in [0.717, 1.165) is 44.0 Å². The third kappa shape index (κ3) is 4.64. The number of likely N-dealkylation sites (N-methyl/N-ethyl adjacent to an activating group) is 1. The monoisotopic (exact) mass is 479 g/mol. The number of hydrogen-bond acceptors (Lipinski definition) is 9. The number of anilines is 3. The second kappa shape index (κ2) is 8.98. The normalized spacial score (nSPS) is 15.7. The molecule has 0 radical (unpaired) electrons. The molecule has 8 nitrogen and oxygen atoms in total. The van der Waals surface area contributed by atoms with Crippen LogP contribution in [0.15, 0.2) is 30.0 Å². The number of benzene rings is 1. The minimum atomic E-state index is 0.200. The van der Waals surface area contributed by atoms with Gasteiger partial charge in [0.1, 0.15) is 28.3 Å². The molecule has 0 saturated carbocycles. The van der Waals surface area contributed by atoms with Gasteiger partial charge in [0.2, 0.25) is 0 Å². The molecule has 0 spiro atoms. The van der Waals surface area contributed by atoms with Crippen LogP contribution >= 0.6 is 22.9 Å². The van der Waals surface area contributed by atoms with Crippen LogP contribution < -0.4 is 15.0 Å². The molecule has 0 unspecified atom stereocenters. The number of hydrogen-bond donors (Lipinski definition) is 1. The average molecular weight is 480 g/mol. The average Bonchev–Trinajstić information content (AvgIpc) is 3.42. The van der Waals surface area contributed by atoms with Gasteiger partial charge >= 0.3 is 6.01 Å². The first-order chi connectivity index (χ1) is 16.0. The SMILES string of the molecule is CC1=Cc2c(ccc(Oc3nc(Nc4ncc(C#N)s4)cc(N4CCN(C)CC4)n3)c2Cl)C1. The van der Waals surface area contributed by atoms with E-state index in [1.807, 2.05) is 18.2 Å². The van der Waals surface area contributed by atoms with Crippen molar-refractivity contribution in [2.24, 2.45) is 0 Å². The fourth-order valence-corrected chi connectivity index (χ4v) is 4.81. The molecule has 33 heavy (non-hydrogen) atoms. The fraction of sp³-hybridized carbons (Fsp3) is 0.304. The van der Waals surface area contributed by atoms with Crippen molar-refractivity contribution in [1.29, 1.82) is 5.26 Å². The number of nitrogens with zero attached hydrogens (tertiary/aromatic N) is 6. The number of piperazine rings is 1. The highest BCUT2D eigenvalue weighted by Gasteiger charge is 2.21. The van der Waals surface area contributed by atoms with Gasteiger partial charge in [-0.15, -0.1) is 0 Å². The molecule has 1 fully saturated rings. The smallest absolute Gasteiger partial charge is 0.325 e. The van der Waals surface area contributed by atoms with E-state index >= 15 is 0 Å². The van der Waals surface area contributed by atoms with E-state index in [4.69, 9.17) is 21.6 Å². The second-order valence-electron chi connectivity index (χ2n) is 8.17. The standard InChI is InChI=1S/C23H22ClN7OS/c1-14-9-15-3-4-18(21(24)17(15)10-14)32-22-27-19(28-23-26-13-16(12-25)33-23)11-20(29-22)31-7-5-30(2)6-8-31/h3-4,10-11,13H,5-9H2,1-2H3,(H,26,27,28,29). The summed E-state index contributed by atoms with van der Waals surface area (Å²) in [4.78, 5) is 18.5. The Balaban J connectivity index is 1.47. The van der Waals surface area contributed by atoms with E-state index in [-0.39, 0.29) is 6.01 Å². The zero-order valence-corrected chi connectivity index (χ0v) is 19.9. The van der Waals surface area contributed by atoms with E-state index in [9.17, 15) is 0 Å². The lowest BCUT2D eigenvalue weighted by molar-refractivity contribution is 0.311. The number of rotatable bonds is 5. The predicted molar refractivity (Wildman–Crippen MR) is 131 cm³/mol. The van der Waals surface area contributed by atoms with Crippen molar-refractivity contribution in [3.05, 3.63) is 51.0 Å². The van der Waals surface area contributed by atoms with Gasteiger partial charge in [-0.1, -0.05) is 40.7 Å². The molecule has 1 aromatic carbocycles. The number of nitriles is 1. The second-order valence-corrected chi connectivity index (χ2v) is 9.58. The lowest BCUT2D eigenvalue weighted by Gasteiger charge is -2.33. The molecule has 2 aromatic heterocycles. The Morgan fingerprint density at radius 3 is 2.79 bits per heavy atom. The molecule has 1 aliphatic carbocycles. The van der Waals surface area contributed by atoms with E-state index in [1.54, 1.807) is 0 Å². The van der Waals surface area contributed by atoms with Gasteiger partial charge in [0.15, 0.2) is 5.13 Å². The maximum atomic E-state index is 9.09. The summed E-state index contributed by atoms with van der Waals surface area (Å²) in [6.45, 7) is 5.69. The maximum absolute atomic E-state index is 9.09. The Morgan fingerprint density at radius 1 is 1.21 bits per heavy atom.